The van der Waals surface area contributed by atoms with Crippen LogP contribution in [0, 0.1) is 29.5 Å². The number of carbonyl (C=O) groups is 3. The lowest BCUT2D eigenvalue weighted by atomic mass is 9.58. The smallest absolute Gasteiger partial charge is 0.407 e. The van der Waals surface area contributed by atoms with Crippen molar-refractivity contribution < 1.29 is 36.7 Å². The summed E-state index contributed by atoms with van der Waals surface area (Å²) in [6.07, 6.45) is 4.71. The second kappa shape index (κ2) is 18.2. The fraction of sp³-hybridized carbons (Fsp3) is 0.622. The third-order valence-electron chi connectivity index (χ3n) is 14.0. The quantitative estimate of drug-likeness (QED) is 0.172. The summed E-state index contributed by atoms with van der Waals surface area (Å²) in [5.74, 6) is -4.56. The van der Waals surface area contributed by atoms with E-state index < -0.39 is 29.5 Å². The van der Waals surface area contributed by atoms with E-state index in [-0.39, 0.29) is 67.3 Å². The van der Waals surface area contributed by atoms with E-state index in [2.05, 4.69) is 27.0 Å². The van der Waals surface area contributed by atoms with Gasteiger partial charge in [-0.3, -0.25) is 14.5 Å². The summed E-state index contributed by atoms with van der Waals surface area (Å²) in [6, 6.07) is 11.7. The Hall–Kier alpha value is -4.17. The van der Waals surface area contributed by atoms with Crippen molar-refractivity contribution in [2.45, 2.75) is 82.0 Å². The van der Waals surface area contributed by atoms with Crippen molar-refractivity contribution in [1.82, 2.24) is 25.3 Å². The van der Waals surface area contributed by atoms with Crippen LogP contribution in [0.1, 0.15) is 68.6 Å². The topological polar surface area (TPSA) is 97.5 Å². The molecule has 5 aliphatic rings. The molecule has 3 amide bonds. The standard InChI is InChI=1S/C45H60F4N6O4/c1-4-42(57)54-17-7-9-35(26-54)45(48,49)39-14-13-38(20-32(39)25-53-27-37(47)28-53)55-23-31(24-55)22-52-18-15-33(16-19-52)44(29-50-30(2)56,34-8-5-10-36(46)21-34)40-11-6-12-41(40)51-43(58)59-3/h4-5,8,10,13-14,20-21,31,33,35,37,40-41H,1,6-7,9,11-12,15-19,22-29H2,2-3H3,(H,50,56)(H,51,58)/t35-,40+,41+,44+/m1/s1. The predicted molar refractivity (Wildman–Crippen MR) is 218 cm³/mol. The number of nitrogens with zero attached hydrogens (tertiary/aromatic N) is 4. The average molecular weight is 825 g/mol. The normalized spacial score (nSPS) is 24.8. The number of hydrogen-bond donors (Lipinski definition) is 2. The Kier molecular flexibility index (Phi) is 13.3. The number of ether oxygens (including phenoxy) is 1. The highest BCUT2D eigenvalue weighted by Crippen LogP contribution is 2.51. The van der Waals surface area contributed by atoms with Crippen LogP contribution in [0.2, 0.25) is 0 Å². The van der Waals surface area contributed by atoms with Crippen molar-refractivity contribution >= 4 is 23.6 Å². The number of amides is 3. The zero-order valence-corrected chi connectivity index (χ0v) is 34.5. The number of anilines is 1. The van der Waals surface area contributed by atoms with Gasteiger partial charge in [-0.2, -0.15) is 0 Å². The van der Waals surface area contributed by atoms with E-state index in [1.165, 1.54) is 31.1 Å². The number of rotatable bonds is 14. The lowest BCUT2D eigenvalue weighted by Crippen LogP contribution is -2.58. The molecule has 0 unspecified atom stereocenters. The third kappa shape index (κ3) is 9.28. The Balaban J connectivity index is 1.03. The zero-order valence-electron chi connectivity index (χ0n) is 34.5. The number of carbonyl (C=O) groups excluding carboxylic acids is 3. The van der Waals surface area contributed by atoms with E-state index in [1.807, 2.05) is 17.0 Å². The Morgan fingerprint density at radius 3 is 2.36 bits per heavy atom. The number of benzene rings is 2. The first-order valence-electron chi connectivity index (χ1n) is 21.4. The molecule has 2 aromatic rings. The van der Waals surface area contributed by atoms with Crippen LogP contribution >= 0.6 is 0 Å². The minimum absolute atomic E-state index is 0.0326. The maximum Gasteiger partial charge on any atom is 0.407 e. The van der Waals surface area contributed by atoms with Crippen molar-refractivity contribution in [3.05, 3.63) is 77.6 Å². The zero-order chi connectivity index (χ0) is 41.9. The fourth-order valence-electron chi connectivity index (χ4n) is 11.0. The highest BCUT2D eigenvalue weighted by atomic mass is 19.3. The molecule has 7 rings (SSSR count). The number of methoxy groups -OCH3 is 1. The Bertz CT molecular complexity index is 1830. The minimum atomic E-state index is -3.16. The van der Waals surface area contributed by atoms with E-state index >= 15 is 8.78 Å². The van der Waals surface area contributed by atoms with Crippen LogP contribution in [0.3, 0.4) is 0 Å². The number of alkyl halides is 3. The molecule has 4 atom stereocenters. The molecular weight excluding hydrogens is 765 g/mol. The number of halogens is 4. The van der Waals surface area contributed by atoms with E-state index in [9.17, 15) is 23.2 Å². The molecular formula is C45H60F4N6O4. The van der Waals surface area contributed by atoms with Crippen LogP contribution in [-0.4, -0.2) is 117 Å². The first-order chi connectivity index (χ1) is 28.3. The molecule has 0 bridgehead atoms. The molecule has 5 fully saturated rings. The third-order valence-corrected chi connectivity index (χ3v) is 14.0. The van der Waals surface area contributed by atoms with Crippen LogP contribution in [0.4, 0.5) is 28.0 Å². The molecule has 2 aromatic carbocycles. The summed E-state index contributed by atoms with van der Waals surface area (Å²) in [7, 11) is 1.35. The van der Waals surface area contributed by atoms with Crippen molar-refractivity contribution in [2.24, 2.45) is 23.7 Å². The average Bonchev–Trinajstić information content (AvgIpc) is 3.66. The van der Waals surface area contributed by atoms with Crippen LogP contribution < -0.4 is 15.5 Å². The lowest BCUT2D eigenvalue weighted by molar-refractivity contribution is -0.134. The largest absolute Gasteiger partial charge is 0.453 e. The summed E-state index contributed by atoms with van der Waals surface area (Å²) in [4.78, 5) is 45.2. The summed E-state index contributed by atoms with van der Waals surface area (Å²) in [5, 5.41) is 6.17. The fourth-order valence-corrected chi connectivity index (χ4v) is 11.0. The van der Waals surface area contributed by atoms with E-state index in [0.29, 0.717) is 37.4 Å². The molecule has 10 nitrogen and oxygen atoms in total. The SMILES string of the molecule is C=CC(=O)N1CCC[C@@H](C(F)(F)c2ccc(N3CC(CN4CCC([C@@](CNC(C)=O)(c5cccc(F)c5)[C@H]5CCC[C@@H]5NC(=O)OC)CC4)C3)cc2CN2CC(F)C2)C1. The molecule has 0 aromatic heterocycles. The molecule has 59 heavy (non-hydrogen) atoms. The molecule has 1 saturated carbocycles. The van der Waals surface area contributed by atoms with Crippen molar-refractivity contribution in [1.29, 1.82) is 0 Å². The number of nitrogens with one attached hydrogen (secondary N) is 2. The molecule has 0 spiro atoms. The number of likely N-dealkylation sites (tertiary alicyclic amines) is 3. The molecule has 4 saturated heterocycles. The first kappa shape index (κ1) is 42.9. The van der Waals surface area contributed by atoms with Gasteiger partial charge in [0, 0.05) is 100 Å². The highest BCUT2D eigenvalue weighted by Gasteiger charge is 2.52. The van der Waals surface area contributed by atoms with Crippen molar-refractivity contribution in [3.8, 4) is 0 Å². The summed E-state index contributed by atoms with van der Waals surface area (Å²) >= 11 is 0. The lowest BCUT2D eigenvalue weighted by Gasteiger charge is -2.51. The molecule has 2 N–H and O–H groups in total. The molecule has 0 radical (unpaired) electrons. The van der Waals surface area contributed by atoms with Gasteiger partial charge in [-0.1, -0.05) is 31.2 Å². The van der Waals surface area contributed by atoms with Crippen LogP contribution in [-0.2, 0) is 32.2 Å². The molecule has 1 aliphatic carbocycles. The maximum atomic E-state index is 16.4. The second-order valence-electron chi connectivity index (χ2n) is 17.7. The van der Waals surface area contributed by atoms with Crippen LogP contribution in [0.15, 0.2) is 55.1 Å². The van der Waals surface area contributed by atoms with Gasteiger partial charge >= 0.3 is 6.09 Å². The molecule has 4 heterocycles. The summed E-state index contributed by atoms with van der Waals surface area (Å²) < 4.78 is 66.5. The van der Waals surface area contributed by atoms with Gasteiger partial charge in [-0.15, -0.1) is 0 Å². The van der Waals surface area contributed by atoms with Crippen molar-refractivity contribution in [2.75, 3.05) is 77.5 Å². The monoisotopic (exact) mass is 824 g/mol. The molecule has 322 valence electrons. The molecule has 4 aliphatic heterocycles. The van der Waals surface area contributed by atoms with Gasteiger partial charge < -0.3 is 30.1 Å². The van der Waals surface area contributed by atoms with E-state index in [4.69, 9.17) is 4.74 Å². The summed E-state index contributed by atoms with van der Waals surface area (Å²) in [6.45, 7) is 10.6. The second-order valence-corrected chi connectivity index (χ2v) is 17.7. The van der Waals surface area contributed by atoms with Gasteiger partial charge in [0.05, 0.1) is 7.11 Å². The number of hydrogen-bond acceptors (Lipinski definition) is 7. The Morgan fingerprint density at radius 2 is 1.68 bits per heavy atom. The van der Waals surface area contributed by atoms with Gasteiger partial charge in [0.25, 0.3) is 5.92 Å². The van der Waals surface area contributed by atoms with Crippen LogP contribution in [0.25, 0.3) is 0 Å². The Labute approximate surface area is 345 Å². The van der Waals surface area contributed by atoms with E-state index in [1.54, 1.807) is 24.3 Å². The predicted octanol–water partition coefficient (Wildman–Crippen LogP) is 6.24. The Morgan fingerprint density at radius 1 is 0.915 bits per heavy atom. The van der Waals surface area contributed by atoms with Gasteiger partial charge in [-0.25, -0.2) is 22.4 Å². The minimum Gasteiger partial charge on any atom is -0.453 e. The highest BCUT2D eigenvalue weighted by molar-refractivity contribution is 5.87. The van der Waals surface area contributed by atoms with Gasteiger partial charge in [0.15, 0.2) is 0 Å². The number of piperidine rings is 2. The maximum absolute atomic E-state index is 16.4. The van der Waals surface area contributed by atoms with Gasteiger partial charge in [0.2, 0.25) is 11.8 Å². The first-order valence-corrected chi connectivity index (χ1v) is 21.4. The molecule has 14 heteroatoms. The van der Waals surface area contributed by atoms with Gasteiger partial charge in [0.1, 0.15) is 12.0 Å². The van der Waals surface area contributed by atoms with Crippen molar-refractivity contribution in [3.63, 3.8) is 0 Å². The summed E-state index contributed by atoms with van der Waals surface area (Å²) in [5.41, 5.74) is 1.57. The van der Waals surface area contributed by atoms with E-state index in [0.717, 1.165) is 76.1 Å². The van der Waals surface area contributed by atoms with Gasteiger partial charge in [-0.05, 0) is 105 Å². The van der Waals surface area contributed by atoms with Crippen LogP contribution in [0.5, 0.6) is 0 Å². The number of alkyl carbamates (subject to hydrolysis) is 1.